The summed E-state index contributed by atoms with van der Waals surface area (Å²) >= 11 is 5.72. The number of phenols is 1. The molecule has 0 aliphatic rings. The summed E-state index contributed by atoms with van der Waals surface area (Å²) in [7, 11) is 0. The van der Waals surface area contributed by atoms with Gasteiger partial charge in [0.05, 0.1) is 11.6 Å². The van der Waals surface area contributed by atoms with Gasteiger partial charge in [0.1, 0.15) is 11.5 Å². The molecule has 0 aliphatic carbocycles. The van der Waals surface area contributed by atoms with E-state index in [1.54, 1.807) is 30.3 Å². The van der Waals surface area contributed by atoms with Gasteiger partial charge in [0.2, 0.25) is 0 Å². The third-order valence-electron chi connectivity index (χ3n) is 2.77. The molecule has 2 aromatic rings. The van der Waals surface area contributed by atoms with E-state index in [-0.39, 0.29) is 16.7 Å². The number of nitrogens with one attached hydrogen (secondary N) is 1. The topological polar surface area (TPSA) is 58.6 Å². The maximum atomic E-state index is 12.2. The van der Waals surface area contributed by atoms with Gasteiger partial charge < -0.3 is 15.2 Å². The number of hydrogen-bond acceptors (Lipinski definition) is 3. The summed E-state index contributed by atoms with van der Waals surface area (Å²) in [6, 6.07) is 11.5. The van der Waals surface area contributed by atoms with E-state index >= 15 is 0 Å². The number of carbonyl (C=O) groups excluding carboxylic acids is 1. The Morgan fingerprint density at radius 2 is 2.10 bits per heavy atom. The Morgan fingerprint density at radius 3 is 2.81 bits per heavy atom. The van der Waals surface area contributed by atoms with Gasteiger partial charge in [-0.25, -0.2) is 0 Å². The first-order valence-electron chi connectivity index (χ1n) is 6.63. The molecule has 2 aromatic carbocycles. The molecule has 0 aliphatic heterocycles. The van der Waals surface area contributed by atoms with Gasteiger partial charge in [0.15, 0.2) is 0 Å². The molecule has 2 N–H and O–H groups in total. The first kappa shape index (κ1) is 15.2. The average molecular weight is 306 g/mol. The Labute approximate surface area is 128 Å². The van der Waals surface area contributed by atoms with Crippen molar-refractivity contribution in [3.63, 3.8) is 0 Å². The summed E-state index contributed by atoms with van der Waals surface area (Å²) < 4.78 is 5.49. The van der Waals surface area contributed by atoms with Crippen molar-refractivity contribution in [1.29, 1.82) is 0 Å². The highest BCUT2D eigenvalue weighted by atomic mass is 35.5. The highest BCUT2D eigenvalue weighted by Gasteiger charge is 2.08. The molecule has 21 heavy (non-hydrogen) atoms. The number of halogens is 1. The minimum Gasteiger partial charge on any atom is -0.506 e. The quantitative estimate of drug-likeness (QED) is 0.875. The second kappa shape index (κ2) is 6.99. The largest absolute Gasteiger partial charge is 0.506 e. The Balaban J connectivity index is 2.10. The van der Waals surface area contributed by atoms with Crippen LogP contribution in [0.5, 0.6) is 11.5 Å². The maximum absolute atomic E-state index is 12.2. The molecule has 0 radical (unpaired) electrons. The predicted octanol–water partition coefficient (Wildman–Crippen LogP) is 4.09. The summed E-state index contributed by atoms with van der Waals surface area (Å²) in [5.41, 5.74) is 0.958. The van der Waals surface area contributed by atoms with Crippen LogP contribution in [0.1, 0.15) is 23.7 Å². The van der Waals surface area contributed by atoms with Crippen molar-refractivity contribution in [2.24, 2.45) is 0 Å². The summed E-state index contributed by atoms with van der Waals surface area (Å²) in [6.07, 6.45) is 0.903. The molecule has 0 unspecified atom stereocenters. The smallest absolute Gasteiger partial charge is 0.255 e. The van der Waals surface area contributed by atoms with E-state index in [9.17, 15) is 9.90 Å². The van der Waals surface area contributed by atoms with Gasteiger partial charge in [-0.3, -0.25) is 4.79 Å². The zero-order chi connectivity index (χ0) is 15.2. The van der Waals surface area contributed by atoms with E-state index in [4.69, 9.17) is 16.3 Å². The van der Waals surface area contributed by atoms with Gasteiger partial charge in [-0.05, 0) is 36.8 Å². The number of anilines is 1. The van der Waals surface area contributed by atoms with Crippen molar-refractivity contribution in [2.45, 2.75) is 13.3 Å². The third kappa shape index (κ3) is 4.13. The van der Waals surface area contributed by atoms with Crippen LogP contribution in [0.4, 0.5) is 5.69 Å². The molecule has 2 rings (SSSR count). The van der Waals surface area contributed by atoms with Crippen LogP contribution in [0.15, 0.2) is 42.5 Å². The number of phenolic OH excluding ortho intramolecular Hbond substituents is 1. The number of carbonyl (C=O) groups is 1. The van der Waals surface area contributed by atoms with Gasteiger partial charge >= 0.3 is 0 Å². The van der Waals surface area contributed by atoms with Crippen molar-refractivity contribution in [1.82, 2.24) is 0 Å². The highest BCUT2D eigenvalue weighted by molar-refractivity contribution is 6.32. The van der Waals surface area contributed by atoms with Gasteiger partial charge in [0.25, 0.3) is 5.91 Å². The molecular weight excluding hydrogens is 290 g/mol. The highest BCUT2D eigenvalue weighted by Crippen LogP contribution is 2.26. The van der Waals surface area contributed by atoms with Crippen molar-refractivity contribution in [2.75, 3.05) is 11.9 Å². The number of benzene rings is 2. The fraction of sp³-hybridized carbons (Fsp3) is 0.188. The molecule has 0 heterocycles. The van der Waals surface area contributed by atoms with Crippen molar-refractivity contribution in [3.05, 3.63) is 53.1 Å². The number of hydrogen-bond donors (Lipinski definition) is 2. The van der Waals surface area contributed by atoms with E-state index in [0.717, 1.165) is 6.42 Å². The molecule has 1 amide bonds. The lowest BCUT2D eigenvalue weighted by Crippen LogP contribution is -2.12. The van der Waals surface area contributed by atoms with Crippen molar-refractivity contribution >= 4 is 23.2 Å². The van der Waals surface area contributed by atoms with Crippen LogP contribution >= 0.6 is 11.6 Å². The lowest BCUT2D eigenvalue weighted by atomic mass is 10.2. The fourth-order valence-electron chi connectivity index (χ4n) is 1.74. The molecule has 0 fully saturated rings. The van der Waals surface area contributed by atoms with E-state index in [0.29, 0.717) is 23.6 Å². The predicted molar refractivity (Wildman–Crippen MR) is 83.3 cm³/mol. The Morgan fingerprint density at radius 1 is 1.29 bits per heavy atom. The number of rotatable bonds is 5. The van der Waals surface area contributed by atoms with E-state index in [1.807, 2.05) is 6.92 Å². The molecule has 0 saturated carbocycles. The SMILES string of the molecule is CCCOc1cccc(C(=O)Nc2ccc(Cl)c(O)c2)c1. The van der Waals surface area contributed by atoms with Crippen LogP contribution in [-0.2, 0) is 0 Å². The van der Waals surface area contributed by atoms with E-state index in [1.165, 1.54) is 12.1 Å². The van der Waals surface area contributed by atoms with Gasteiger partial charge in [-0.15, -0.1) is 0 Å². The number of aromatic hydroxyl groups is 1. The van der Waals surface area contributed by atoms with Gasteiger partial charge in [-0.1, -0.05) is 24.6 Å². The van der Waals surface area contributed by atoms with Gasteiger partial charge in [0, 0.05) is 17.3 Å². The Kier molecular flexibility index (Phi) is 5.06. The molecule has 0 spiro atoms. The lowest BCUT2D eigenvalue weighted by Gasteiger charge is -2.08. The van der Waals surface area contributed by atoms with Crippen LogP contribution in [0, 0.1) is 0 Å². The van der Waals surface area contributed by atoms with Crippen molar-refractivity contribution in [3.8, 4) is 11.5 Å². The molecule has 0 atom stereocenters. The first-order chi connectivity index (χ1) is 10.1. The summed E-state index contributed by atoms with van der Waals surface area (Å²) in [6.45, 7) is 2.62. The number of amides is 1. The monoisotopic (exact) mass is 305 g/mol. The molecule has 5 heteroatoms. The van der Waals surface area contributed by atoms with E-state index < -0.39 is 0 Å². The molecule has 4 nitrogen and oxygen atoms in total. The lowest BCUT2D eigenvalue weighted by molar-refractivity contribution is 0.102. The van der Waals surface area contributed by atoms with Crippen LogP contribution in [0.2, 0.25) is 5.02 Å². The second-order valence-corrected chi connectivity index (χ2v) is 4.90. The van der Waals surface area contributed by atoms with E-state index in [2.05, 4.69) is 5.32 Å². The van der Waals surface area contributed by atoms with Crippen LogP contribution in [-0.4, -0.2) is 17.6 Å². The standard InChI is InChI=1S/C16H16ClNO3/c1-2-8-21-13-5-3-4-11(9-13)16(20)18-12-6-7-14(17)15(19)10-12/h3-7,9-10,19H,2,8H2,1H3,(H,18,20). The first-order valence-corrected chi connectivity index (χ1v) is 7.00. The normalized spacial score (nSPS) is 10.2. The molecule has 0 aromatic heterocycles. The van der Waals surface area contributed by atoms with Gasteiger partial charge in [-0.2, -0.15) is 0 Å². The van der Waals surface area contributed by atoms with Crippen LogP contribution < -0.4 is 10.1 Å². The Hall–Kier alpha value is -2.20. The zero-order valence-corrected chi connectivity index (χ0v) is 12.4. The van der Waals surface area contributed by atoms with Crippen LogP contribution in [0.3, 0.4) is 0 Å². The van der Waals surface area contributed by atoms with Crippen LogP contribution in [0.25, 0.3) is 0 Å². The second-order valence-electron chi connectivity index (χ2n) is 4.50. The average Bonchev–Trinajstić information content (AvgIpc) is 2.49. The minimum absolute atomic E-state index is 0.0745. The summed E-state index contributed by atoms with van der Waals surface area (Å²) in [5.74, 6) is 0.302. The Bertz CT molecular complexity index is 643. The fourth-order valence-corrected chi connectivity index (χ4v) is 1.86. The number of ether oxygens (including phenoxy) is 1. The summed E-state index contributed by atoms with van der Waals surface area (Å²) in [5, 5.41) is 12.5. The zero-order valence-electron chi connectivity index (χ0n) is 11.6. The molecule has 0 bridgehead atoms. The molecular formula is C16H16ClNO3. The molecule has 0 saturated heterocycles. The maximum Gasteiger partial charge on any atom is 0.255 e. The van der Waals surface area contributed by atoms with Crippen molar-refractivity contribution < 1.29 is 14.6 Å². The molecule has 110 valence electrons. The third-order valence-corrected chi connectivity index (χ3v) is 3.09. The summed E-state index contributed by atoms with van der Waals surface area (Å²) in [4.78, 5) is 12.2. The minimum atomic E-state index is -0.279.